The van der Waals surface area contributed by atoms with Gasteiger partial charge in [0.05, 0.1) is 11.4 Å². The quantitative estimate of drug-likeness (QED) is 0.235. The molecule has 4 rings (SSSR count). The number of ether oxygens (including phenoxy) is 1. The van der Waals surface area contributed by atoms with Gasteiger partial charge in [-0.3, -0.25) is 15.0 Å². The van der Waals surface area contributed by atoms with Crippen LogP contribution in [0.4, 0.5) is 23.7 Å². The highest BCUT2D eigenvalue weighted by Gasteiger charge is 2.31. The van der Waals surface area contributed by atoms with E-state index in [4.69, 9.17) is 12.2 Å². The lowest BCUT2D eigenvalue weighted by Gasteiger charge is -2.26. The van der Waals surface area contributed by atoms with Crippen LogP contribution in [0, 0.1) is 6.92 Å². The van der Waals surface area contributed by atoms with Gasteiger partial charge in [0, 0.05) is 19.0 Å². The van der Waals surface area contributed by atoms with Crippen molar-refractivity contribution in [2.45, 2.75) is 46.5 Å². The maximum Gasteiger partial charge on any atom is 0.573 e. The molecule has 0 atom stereocenters. The number of carbonyl (C=O) groups excluding carboxylic acids is 2. The maximum absolute atomic E-state index is 12.7. The van der Waals surface area contributed by atoms with Crippen LogP contribution in [0.25, 0.3) is 17.1 Å². The highest BCUT2D eigenvalue weighted by molar-refractivity contribution is 7.80. The van der Waals surface area contributed by atoms with Gasteiger partial charge < -0.3 is 10.1 Å². The first-order valence-electron chi connectivity index (χ1n) is 13.2. The van der Waals surface area contributed by atoms with Gasteiger partial charge in [0.2, 0.25) is 5.91 Å². The molecule has 0 unspecified atom stereocenters. The zero-order chi connectivity index (χ0) is 31.3. The molecule has 0 saturated heterocycles. The average Bonchev–Trinajstić information content (AvgIpc) is 3.42. The van der Waals surface area contributed by atoms with E-state index in [1.54, 1.807) is 24.3 Å². The fourth-order valence-corrected chi connectivity index (χ4v) is 4.55. The summed E-state index contributed by atoms with van der Waals surface area (Å²) in [6.07, 6.45) is -3.32. The van der Waals surface area contributed by atoms with Crippen LogP contribution in [0.1, 0.15) is 43.4 Å². The Bertz CT molecular complexity index is 1620. The van der Waals surface area contributed by atoms with Crippen molar-refractivity contribution in [2.75, 3.05) is 4.90 Å². The monoisotopic (exact) mass is 610 g/mol. The Morgan fingerprint density at radius 2 is 1.72 bits per heavy atom. The molecule has 0 spiro atoms. The zero-order valence-corrected chi connectivity index (χ0v) is 24.6. The molecule has 43 heavy (non-hydrogen) atoms. The molecule has 0 radical (unpaired) electrons. The van der Waals surface area contributed by atoms with Gasteiger partial charge in [-0.25, -0.2) is 14.5 Å². The first-order chi connectivity index (χ1) is 20.3. The standard InChI is InChI=1S/C30H29F3N6O3S/c1-18(2)25-14-5-19(3)15-26(25)39(20(4)40)29(43)36-28(41)34-16-21-6-8-22(9-7-21)27-35-17-38(37-27)23-10-12-24(13-11-23)42-30(31,32)33/h5-15,17-18H,16H2,1-4H3,(H2,34,36,41,43). The summed E-state index contributed by atoms with van der Waals surface area (Å²) < 4.78 is 42.5. The number of aryl methyl sites for hydroxylation is 1. The van der Waals surface area contributed by atoms with Crippen molar-refractivity contribution in [3.8, 4) is 22.8 Å². The van der Waals surface area contributed by atoms with Gasteiger partial charge in [0.15, 0.2) is 10.9 Å². The number of anilines is 1. The summed E-state index contributed by atoms with van der Waals surface area (Å²) in [6, 6.07) is 17.6. The molecule has 0 aliphatic rings. The second kappa shape index (κ2) is 13.0. The summed E-state index contributed by atoms with van der Waals surface area (Å²) in [6.45, 7) is 7.52. The van der Waals surface area contributed by atoms with E-state index in [-0.39, 0.29) is 29.2 Å². The molecule has 9 nitrogen and oxygen atoms in total. The van der Waals surface area contributed by atoms with E-state index >= 15 is 0 Å². The van der Waals surface area contributed by atoms with Crippen molar-refractivity contribution in [1.29, 1.82) is 0 Å². The fourth-order valence-electron chi connectivity index (χ4n) is 4.23. The molecule has 0 bridgehead atoms. The Morgan fingerprint density at radius 1 is 1.05 bits per heavy atom. The molecular formula is C30H29F3N6O3S. The first kappa shape index (κ1) is 31.2. The predicted octanol–water partition coefficient (Wildman–Crippen LogP) is 6.40. The van der Waals surface area contributed by atoms with Gasteiger partial charge in [0.25, 0.3) is 0 Å². The minimum absolute atomic E-state index is 0.0305. The van der Waals surface area contributed by atoms with E-state index in [2.05, 4.69) is 25.5 Å². The maximum atomic E-state index is 12.7. The van der Waals surface area contributed by atoms with Crippen molar-refractivity contribution in [1.82, 2.24) is 25.4 Å². The topological polar surface area (TPSA) is 101 Å². The SMILES string of the molecule is CC(=O)N(C(=S)NC(=O)NCc1ccc(-c2ncn(-c3ccc(OC(F)(F)F)cc3)n2)cc1)c1cc(C)ccc1C(C)C. The highest BCUT2D eigenvalue weighted by atomic mass is 32.1. The molecule has 1 heterocycles. The van der Waals surface area contributed by atoms with E-state index in [1.165, 1.54) is 47.1 Å². The number of aromatic nitrogens is 3. The summed E-state index contributed by atoms with van der Waals surface area (Å²) in [5.41, 5.74) is 4.50. The Morgan fingerprint density at radius 3 is 2.33 bits per heavy atom. The Balaban J connectivity index is 1.36. The number of amides is 3. The van der Waals surface area contributed by atoms with Crippen LogP contribution in [0.5, 0.6) is 5.75 Å². The number of nitrogens with zero attached hydrogens (tertiary/aromatic N) is 4. The normalized spacial score (nSPS) is 11.3. The summed E-state index contributed by atoms with van der Waals surface area (Å²) in [5, 5.41) is 9.68. The van der Waals surface area contributed by atoms with Crippen molar-refractivity contribution in [3.05, 3.63) is 89.7 Å². The lowest BCUT2D eigenvalue weighted by molar-refractivity contribution is -0.274. The van der Waals surface area contributed by atoms with Crippen LogP contribution in [-0.4, -0.2) is 38.2 Å². The van der Waals surface area contributed by atoms with E-state index < -0.39 is 12.4 Å². The van der Waals surface area contributed by atoms with Gasteiger partial charge >= 0.3 is 12.4 Å². The summed E-state index contributed by atoms with van der Waals surface area (Å²) in [7, 11) is 0. The molecule has 0 saturated carbocycles. The summed E-state index contributed by atoms with van der Waals surface area (Å²) in [4.78, 5) is 30.8. The van der Waals surface area contributed by atoms with Crippen molar-refractivity contribution in [3.63, 3.8) is 0 Å². The van der Waals surface area contributed by atoms with Gasteiger partial charge in [-0.05, 0) is 72.1 Å². The van der Waals surface area contributed by atoms with E-state index in [9.17, 15) is 22.8 Å². The van der Waals surface area contributed by atoms with Crippen molar-refractivity contribution in [2.24, 2.45) is 0 Å². The lowest BCUT2D eigenvalue weighted by Crippen LogP contribution is -2.48. The van der Waals surface area contributed by atoms with Gasteiger partial charge in [-0.2, -0.15) is 0 Å². The van der Waals surface area contributed by atoms with Gasteiger partial charge in [-0.1, -0.05) is 50.2 Å². The molecular weight excluding hydrogens is 581 g/mol. The molecule has 0 aliphatic carbocycles. The van der Waals surface area contributed by atoms with Crippen molar-refractivity contribution >= 4 is 35.0 Å². The molecule has 1 aromatic heterocycles. The number of carbonyl (C=O) groups is 2. The number of nitrogens with one attached hydrogen (secondary N) is 2. The summed E-state index contributed by atoms with van der Waals surface area (Å²) in [5.74, 6) is -0.121. The number of hydrogen-bond donors (Lipinski definition) is 2. The largest absolute Gasteiger partial charge is 0.573 e. The van der Waals surface area contributed by atoms with Gasteiger partial charge in [-0.15, -0.1) is 18.3 Å². The molecule has 4 aromatic rings. The van der Waals surface area contributed by atoms with Crippen LogP contribution >= 0.6 is 12.2 Å². The van der Waals surface area contributed by atoms with E-state index in [0.717, 1.165) is 16.7 Å². The number of halogens is 3. The number of benzene rings is 3. The number of alkyl halides is 3. The zero-order valence-electron chi connectivity index (χ0n) is 23.8. The van der Waals surface area contributed by atoms with Crippen LogP contribution in [0.15, 0.2) is 73.1 Å². The molecule has 2 N–H and O–H groups in total. The Kier molecular flexibility index (Phi) is 9.44. The molecule has 224 valence electrons. The molecule has 0 fully saturated rings. The second-order valence-electron chi connectivity index (χ2n) is 9.94. The predicted molar refractivity (Wildman–Crippen MR) is 160 cm³/mol. The molecule has 3 aromatic carbocycles. The van der Waals surface area contributed by atoms with Crippen LogP contribution in [0.2, 0.25) is 0 Å². The number of thiocarbonyl (C=S) groups is 1. The second-order valence-corrected chi connectivity index (χ2v) is 10.3. The van der Waals surface area contributed by atoms with Crippen LogP contribution in [0.3, 0.4) is 0 Å². The van der Waals surface area contributed by atoms with Crippen LogP contribution < -0.4 is 20.3 Å². The molecule has 0 aliphatic heterocycles. The Hall–Kier alpha value is -4.78. The first-order valence-corrected chi connectivity index (χ1v) is 13.6. The minimum Gasteiger partial charge on any atom is -0.406 e. The Labute approximate surface area is 251 Å². The number of rotatable bonds is 7. The third-order valence-electron chi connectivity index (χ3n) is 6.28. The molecule has 13 heteroatoms. The number of urea groups is 1. The number of hydrogen-bond acceptors (Lipinski definition) is 6. The third kappa shape index (κ3) is 8.16. The average molecular weight is 611 g/mol. The fraction of sp³-hybridized carbons (Fsp3) is 0.233. The van der Waals surface area contributed by atoms with Crippen LogP contribution in [-0.2, 0) is 11.3 Å². The summed E-state index contributed by atoms with van der Waals surface area (Å²) >= 11 is 5.43. The lowest BCUT2D eigenvalue weighted by atomic mass is 9.98. The third-order valence-corrected chi connectivity index (χ3v) is 6.56. The smallest absolute Gasteiger partial charge is 0.406 e. The van der Waals surface area contributed by atoms with Gasteiger partial charge in [0.1, 0.15) is 12.1 Å². The highest BCUT2D eigenvalue weighted by Crippen LogP contribution is 2.29. The van der Waals surface area contributed by atoms with E-state index in [0.29, 0.717) is 22.8 Å². The van der Waals surface area contributed by atoms with Crippen molar-refractivity contribution < 1.29 is 27.5 Å². The molecule has 3 amide bonds. The van der Waals surface area contributed by atoms with E-state index in [1.807, 2.05) is 39.0 Å². The minimum atomic E-state index is -4.77.